The third kappa shape index (κ3) is 4.44. The Morgan fingerprint density at radius 3 is 1.81 bits per heavy atom. The van der Waals surface area contributed by atoms with Crippen LogP contribution in [0.3, 0.4) is 0 Å². The van der Waals surface area contributed by atoms with Gasteiger partial charge in [-0.1, -0.05) is 72.8 Å². The molecule has 0 radical (unpaired) electrons. The van der Waals surface area contributed by atoms with Crippen LogP contribution in [0.25, 0.3) is 0 Å². The number of nitrogens with two attached hydrogens (primary N) is 1. The zero-order valence-corrected chi connectivity index (χ0v) is 19.2. The minimum absolute atomic E-state index is 0.406. The molecule has 3 aromatic carbocycles. The minimum Gasteiger partial charge on any atom is -0.321 e. The normalized spacial score (nSPS) is 13.5. The van der Waals surface area contributed by atoms with Crippen LogP contribution < -0.4 is 21.4 Å². The number of aryl methyl sites for hydroxylation is 2. The van der Waals surface area contributed by atoms with E-state index in [-0.39, 0.29) is 0 Å². The van der Waals surface area contributed by atoms with Gasteiger partial charge in [0.15, 0.2) is 0 Å². The lowest BCUT2D eigenvalue weighted by Crippen LogP contribution is -2.37. The van der Waals surface area contributed by atoms with Crippen LogP contribution in [0, 0.1) is 13.8 Å². The molecule has 1 aromatic heterocycles. The number of pyridine rings is 1. The molecule has 4 aromatic rings. The van der Waals surface area contributed by atoms with Crippen LogP contribution in [0.15, 0.2) is 103 Å². The summed E-state index contributed by atoms with van der Waals surface area (Å²) in [5.74, 6) is 0. The van der Waals surface area contributed by atoms with Crippen LogP contribution in [-0.2, 0) is 4.57 Å². The molecule has 1 heterocycles. The summed E-state index contributed by atoms with van der Waals surface area (Å²) >= 11 is 0. The van der Waals surface area contributed by atoms with E-state index in [1.165, 1.54) is 0 Å². The van der Waals surface area contributed by atoms with Crippen molar-refractivity contribution in [1.82, 2.24) is 10.1 Å². The summed E-state index contributed by atoms with van der Waals surface area (Å²) in [6.45, 7) is 4.00. The number of nitrogens with zero attached hydrogens (tertiary/aromatic N) is 1. The first kappa shape index (κ1) is 22.2. The van der Waals surface area contributed by atoms with Crippen molar-refractivity contribution in [3.8, 4) is 0 Å². The van der Waals surface area contributed by atoms with E-state index in [0.29, 0.717) is 0 Å². The lowest BCUT2D eigenvalue weighted by molar-refractivity contribution is 0.503. The first-order chi connectivity index (χ1) is 15.5. The summed E-state index contributed by atoms with van der Waals surface area (Å²) in [5.41, 5.74) is 10.4. The molecule has 0 aliphatic carbocycles. The highest BCUT2D eigenvalue weighted by atomic mass is 31.2. The van der Waals surface area contributed by atoms with Crippen molar-refractivity contribution in [2.75, 3.05) is 0 Å². The van der Waals surface area contributed by atoms with Gasteiger partial charge in [-0.15, -0.1) is 0 Å². The molecule has 0 saturated carbocycles. The Labute approximate surface area is 190 Å². The summed E-state index contributed by atoms with van der Waals surface area (Å²) in [6.07, 6.45) is 1.74. The van der Waals surface area contributed by atoms with Crippen molar-refractivity contribution in [2.45, 2.75) is 25.9 Å². The molecule has 4 rings (SSSR count). The Morgan fingerprint density at radius 2 is 1.28 bits per heavy atom. The SMILES string of the molecule is Cc1ccccc1P(=O)(NC(c1ccccc1)C(N)c1ccccn1)c1ccccc1C. The number of rotatable bonds is 7. The number of benzene rings is 3. The quantitative estimate of drug-likeness (QED) is 0.398. The van der Waals surface area contributed by atoms with Crippen molar-refractivity contribution in [2.24, 2.45) is 5.73 Å². The Morgan fingerprint density at radius 1 is 0.750 bits per heavy atom. The third-order valence-electron chi connectivity index (χ3n) is 5.78. The molecule has 5 heteroatoms. The van der Waals surface area contributed by atoms with Crippen molar-refractivity contribution in [3.05, 3.63) is 126 Å². The molecule has 32 heavy (non-hydrogen) atoms. The van der Waals surface area contributed by atoms with Crippen molar-refractivity contribution >= 4 is 17.9 Å². The van der Waals surface area contributed by atoms with Gasteiger partial charge in [-0.2, -0.15) is 0 Å². The van der Waals surface area contributed by atoms with E-state index in [9.17, 15) is 4.57 Å². The van der Waals surface area contributed by atoms with Crippen molar-refractivity contribution < 1.29 is 4.57 Å². The van der Waals surface area contributed by atoms with Crippen LogP contribution in [-0.4, -0.2) is 4.98 Å². The molecular formula is C27H28N3OP. The molecule has 0 aliphatic heterocycles. The second-order valence-corrected chi connectivity index (χ2v) is 10.4. The molecule has 0 aliphatic rings. The Balaban J connectivity index is 1.89. The second-order valence-electron chi connectivity index (χ2n) is 7.98. The molecule has 0 spiro atoms. The van der Waals surface area contributed by atoms with E-state index in [1.807, 2.05) is 111 Å². The van der Waals surface area contributed by atoms with Gasteiger partial charge in [0.1, 0.15) is 0 Å². The lowest BCUT2D eigenvalue weighted by Gasteiger charge is -2.32. The molecule has 2 unspecified atom stereocenters. The fourth-order valence-electron chi connectivity index (χ4n) is 4.06. The van der Waals surface area contributed by atoms with Gasteiger partial charge in [0, 0.05) is 16.8 Å². The van der Waals surface area contributed by atoms with E-state index in [4.69, 9.17) is 5.73 Å². The fourth-order valence-corrected chi connectivity index (χ4v) is 7.04. The molecule has 4 nitrogen and oxygen atoms in total. The van der Waals surface area contributed by atoms with Gasteiger partial charge in [0.25, 0.3) is 0 Å². The monoisotopic (exact) mass is 441 g/mol. The van der Waals surface area contributed by atoms with Crippen LogP contribution in [0.1, 0.15) is 34.5 Å². The average Bonchev–Trinajstić information content (AvgIpc) is 2.83. The molecule has 3 N–H and O–H groups in total. The van der Waals surface area contributed by atoms with Gasteiger partial charge in [-0.3, -0.25) is 14.6 Å². The van der Waals surface area contributed by atoms with Crippen molar-refractivity contribution in [1.29, 1.82) is 0 Å². The number of aromatic nitrogens is 1. The number of nitrogens with one attached hydrogen (secondary N) is 1. The zero-order chi connectivity index (χ0) is 22.6. The Hall–Kier alpha value is -3.04. The Kier molecular flexibility index (Phi) is 6.66. The highest BCUT2D eigenvalue weighted by Gasteiger charge is 2.35. The van der Waals surface area contributed by atoms with Crippen LogP contribution in [0.4, 0.5) is 0 Å². The summed E-state index contributed by atoms with van der Waals surface area (Å²) in [6, 6.07) is 30.5. The first-order valence-electron chi connectivity index (χ1n) is 10.7. The van der Waals surface area contributed by atoms with Crippen LogP contribution in [0.5, 0.6) is 0 Å². The highest BCUT2D eigenvalue weighted by Crippen LogP contribution is 2.45. The van der Waals surface area contributed by atoms with E-state index >= 15 is 0 Å². The third-order valence-corrected chi connectivity index (χ3v) is 8.78. The molecule has 2 atom stereocenters. The molecule has 0 bridgehead atoms. The smallest absolute Gasteiger partial charge is 0.205 e. The van der Waals surface area contributed by atoms with Gasteiger partial charge in [-0.25, -0.2) is 0 Å². The van der Waals surface area contributed by atoms with E-state index in [2.05, 4.69) is 10.1 Å². The lowest BCUT2D eigenvalue weighted by atomic mass is 9.98. The standard InChI is InChI=1S/C27H28N3OP/c1-20-12-6-8-17-24(20)32(31,25-18-9-7-13-21(25)2)30-27(22-14-4-3-5-15-22)26(28)23-16-10-11-19-29-23/h3-19,26-27H,28H2,1-2H3,(H,30,31). The maximum absolute atomic E-state index is 15.0. The summed E-state index contributed by atoms with van der Waals surface area (Å²) in [5, 5.41) is 5.14. The fraction of sp³-hybridized carbons (Fsp3) is 0.148. The van der Waals surface area contributed by atoms with Crippen molar-refractivity contribution in [3.63, 3.8) is 0 Å². The summed E-state index contributed by atoms with van der Waals surface area (Å²) < 4.78 is 15.0. The van der Waals surface area contributed by atoms with Gasteiger partial charge in [-0.05, 0) is 54.8 Å². The Bertz CT molecular complexity index is 1180. The predicted octanol–water partition coefficient (Wildman–Crippen LogP) is 4.96. The van der Waals surface area contributed by atoms with E-state index in [0.717, 1.165) is 33.0 Å². The maximum Gasteiger partial charge on any atom is 0.205 e. The first-order valence-corrected chi connectivity index (χ1v) is 12.4. The maximum atomic E-state index is 15.0. The topological polar surface area (TPSA) is 68.0 Å². The van der Waals surface area contributed by atoms with Gasteiger partial charge in [0.2, 0.25) is 7.29 Å². The largest absolute Gasteiger partial charge is 0.321 e. The molecule has 0 saturated heterocycles. The number of hydrogen-bond donors (Lipinski definition) is 2. The molecular weight excluding hydrogens is 413 g/mol. The van der Waals surface area contributed by atoms with Crippen LogP contribution in [0.2, 0.25) is 0 Å². The van der Waals surface area contributed by atoms with Crippen LogP contribution >= 0.6 is 7.29 Å². The molecule has 162 valence electrons. The molecule has 0 amide bonds. The molecule has 0 fully saturated rings. The van der Waals surface area contributed by atoms with E-state index in [1.54, 1.807) is 6.20 Å². The zero-order valence-electron chi connectivity index (χ0n) is 18.3. The average molecular weight is 442 g/mol. The predicted molar refractivity (Wildman–Crippen MR) is 133 cm³/mol. The van der Waals surface area contributed by atoms with Gasteiger partial charge >= 0.3 is 0 Å². The number of hydrogen-bond acceptors (Lipinski definition) is 3. The van der Waals surface area contributed by atoms with Gasteiger partial charge < -0.3 is 5.73 Å². The highest BCUT2D eigenvalue weighted by molar-refractivity contribution is 7.77. The van der Waals surface area contributed by atoms with E-state index < -0.39 is 19.4 Å². The van der Waals surface area contributed by atoms with Gasteiger partial charge in [0.05, 0.1) is 17.8 Å². The second kappa shape index (κ2) is 9.62. The summed E-state index contributed by atoms with van der Waals surface area (Å²) in [4.78, 5) is 4.48. The summed E-state index contributed by atoms with van der Waals surface area (Å²) in [7, 11) is -3.25. The minimum atomic E-state index is -3.25.